The summed E-state index contributed by atoms with van der Waals surface area (Å²) >= 11 is 0. The first kappa shape index (κ1) is 18.9. The largest absolute Gasteiger partial charge is 0.491 e. The third kappa shape index (κ3) is 5.08. The number of ether oxygens (including phenoxy) is 2. The molecule has 1 heterocycles. The van der Waals surface area contributed by atoms with Crippen LogP contribution >= 0.6 is 0 Å². The smallest absolute Gasteiger partial charge is 0.255 e. The highest BCUT2D eigenvalue weighted by atomic mass is 16.5. The van der Waals surface area contributed by atoms with Gasteiger partial charge in [-0.3, -0.25) is 9.59 Å². The molecule has 0 aromatic heterocycles. The molecule has 3 rings (SSSR count). The Balaban J connectivity index is 1.55. The molecule has 1 unspecified atom stereocenters. The molecule has 142 valence electrons. The monoisotopic (exact) mass is 368 g/mol. The Morgan fingerprint density at radius 2 is 1.85 bits per heavy atom. The van der Waals surface area contributed by atoms with Crippen molar-refractivity contribution in [1.29, 1.82) is 0 Å². The van der Waals surface area contributed by atoms with Gasteiger partial charge in [0.05, 0.1) is 6.10 Å². The molecular weight excluding hydrogens is 344 g/mol. The lowest BCUT2D eigenvalue weighted by Gasteiger charge is -2.15. The van der Waals surface area contributed by atoms with Crippen molar-refractivity contribution in [2.45, 2.75) is 25.9 Å². The summed E-state index contributed by atoms with van der Waals surface area (Å²) in [5.74, 6) is 0.473. The minimum Gasteiger partial charge on any atom is -0.491 e. The molecule has 2 aromatic rings. The van der Waals surface area contributed by atoms with Crippen LogP contribution in [0.1, 0.15) is 30.1 Å². The fourth-order valence-corrected chi connectivity index (χ4v) is 2.82. The second-order valence-electron chi connectivity index (χ2n) is 6.55. The van der Waals surface area contributed by atoms with E-state index in [9.17, 15) is 9.59 Å². The number of hydrogen-bond acceptors (Lipinski definition) is 4. The average molecular weight is 368 g/mol. The average Bonchev–Trinajstić information content (AvgIpc) is 3.20. The zero-order chi connectivity index (χ0) is 19.2. The first-order chi connectivity index (χ1) is 13.0. The van der Waals surface area contributed by atoms with Crippen LogP contribution in [0, 0.1) is 0 Å². The van der Waals surface area contributed by atoms with Gasteiger partial charge in [-0.1, -0.05) is 0 Å². The maximum Gasteiger partial charge on any atom is 0.255 e. The van der Waals surface area contributed by atoms with E-state index in [0.29, 0.717) is 17.9 Å². The van der Waals surface area contributed by atoms with Crippen molar-refractivity contribution in [2.75, 3.05) is 30.5 Å². The van der Waals surface area contributed by atoms with Gasteiger partial charge in [0.2, 0.25) is 5.91 Å². The summed E-state index contributed by atoms with van der Waals surface area (Å²) in [6, 6.07) is 14.2. The number of amides is 2. The Kier molecular flexibility index (Phi) is 6.08. The number of carbonyl (C=O) groups excluding carboxylic acids is 2. The van der Waals surface area contributed by atoms with Gasteiger partial charge in [-0.15, -0.1) is 0 Å². The van der Waals surface area contributed by atoms with Crippen molar-refractivity contribution in [2.24, 2.45) is 0 Å². The van der Waals surface area contributed by atoms with Crippen LogP contribution in [-0.2, 0) is 9.53 Å². The highest BCUT2D eigenvalue weighted by Gasteiger charge is 2.16. The second-order valence-corrected chi connectivity index (χ2v) is 6.55. The zero-order valence-corrected chi connectivity index (χ0v) is 15.6. The number of anilines is 2. The van der Waals surface area contributed by atoms with Crippen molar-refractivity contribution in [3.05, 3.63) is 54.1 Å². The quantitative estimate of drug-likeness (QED) is 0.848. The van der Waals surface area contributed by atoms with Crippen molar-refractivity contribution in [3.63, 3.8) is 0 Å². The van der Waals surface area contributed by atoms with Gasteiger partial charge in [0.1, 0.15) is 12.4 Å². The molecule has 6 heteroatoms. The minimum absolute atomic E-state index is 0.0476. The third-order valence-electron chi connectivity index (χ3n) is 4.56. The Morgan fingerprint density at radius 3 is 2.44 bits per heavy atom. The molecule has 1 atom stereocenters. The van der Waals surface area contributed by atoms with E-state index in [1.165, 1.54) is 6.92 Å². The molecule has 1 aliphatic rings. The molecule has 0 bridgehead atoms. The van der Waals surface area contributed by atoms with Gasteiger partial charge < -0.3 is 19.7 Å². The van der Waals surface area contributed by atoms with Crippen LogP contribution in [0.2, 0.25) is 0 Å². The second kappa shape index (κ2) is 8.68. The van der Waals surface area contributed by atoms with E-state index in [2.05, 4.69) is 5.32 Å². The molecule has 1 fully saturated rings. The van der Waals surface area contributed by atoms with Crippen molar-refractivity contribution in [3.8, 4) is 5.75 Å². The van der Waals surface area contributed by atoms with Crippen LogP contribution in [0.15, 0.2) is 48.5 Å². The number of benzene rings is 2. The van der Waals surface area contributed by atoms with E-state index >= 15 is 0 Å². The first-order valence-electron chi connectivity index (χ1n) is 9.03. The molecule has 1 N–H and O–H groups in total. The maximum atomic E-state index is 12.4. The molecule has 0 radical (unpaired) electrons. The fraction of sp³-hybridized carbons (Fsp3) is 0.333. The van der Waals surface area contributed by atoms with Crippen molar-refractivity contribution >= 4 is 23.2 Å². The SMILES string of the molecule is CC(=O)N(C)c1ccc(NC(=O)c2ccc(OCC3CCCO3)cc2)cc1. The van der Waals surface area contributed by atoms with Gasteiger partial charge in [0.25, 0.3) is 5.91 Å². The lowest BCUT2D eigenvalue weighted by atomic mass is 10.2. The van der Waals surface area contributed by atoms with Crippen molar-refractivity contribution < 1.29 is 19.1 Å². The van der Waals surface area contributed by atoms with E-state index in [0.717, 1.165) is 30.9 Å². The fourth-order valence-electron chi connectivity index (χ4n) is 2.82. The molecule has 1 aliphatic heterocycles. The van der Waals surface area contributed by atoms with Crippen LogP contribution in [0.25, 0.3) is 0 Å². The highest BCUT2D eigenvalue weighted by Crippen LogP contribution is 2.19. The molecule has 27 heavy (non-hydrogen) atoms. The summed E-state index contributed by atoms with van der Waals surface area (Å²) in [7, 11) is 1.71. The summed E-state index contributed by atoms with van der Waals surface area (Å²) in [5, 5.41) is 2.85. The first-order valence-corrected chi connectivity index (χ1v) is 9.03. The Bertz CT molecular complexity index is 781. The summed E-state index contributed by atoms with van der Waals surface area (Å²) in [6.07, 6.45) is 2.28. The van der Waals surface area contributed by atoms with E-state index < -0.39 is 0 Å². The number of nitrogens with zero attached hydrogens (tertiary/aromatic N) is 1. The Morgan fingerprint density at radius 1 is 1.15 bits per heavy atom. The van der Waals surface area contributed by atoms with Gasteiger partial charge in [0, 0.05) is 37.5 Å². The third-order valence-corrected chi connectivity index (χ3v) is 4.56. The topological polar surface area (TPSA) is 67.9 Å². The molecular formula is C21H24N2O4. The Hall–Kier alpha value is -2.86. The molecule has 1 saturated heterocycles. The normalized spacial score (nSPS) is 16.0. The van der Waals surface area contributed by atoms with Gasteiger partial charge in [0.15, 0.2) is 0 Å². The summed E-state index contributed by atoms with van der Waals surface area (Å²) in [4.78, 5) is 25.3. The van der Waals surface area contributed by atoms with E-state index in [4.69, 9.17) is 9.47 Å². The number of hydrogen-bond donors (Lipinski definition) is 1. The lowest BCUT2D eigenvalue weighted by Crippen LogP contribution is -2.22. The maximum absolute atomic E-state index is 12.4. The van der Waals surface area contributed by atoms with E-state index in [-0.39, 0.29) is 17.9 Å². The van der Waals surface area contributed by atoms with E-state index in [1.54, 1.807) is 60.5 Å². The number of nitrogens with one attached hydrogen (secondary N) is 1. The number of rotatable bonds is 6. The predicted molar refractivity (Wildman–Crippen MR) is 104 cm³/mol. The minimum atomic E-state index is -0.201. The van der Waals surface area contributed by atoms with Gasteiger partial charge in [-0.25, -0.2) is 0 Å². The Labute approximate surface area is 159 Å². The summed E-state index contributed by atoms with van der Waals surface area (Å²) < 4.78 is 11.2. The molecule has 0 aliphatic carbocycles. The standard InChI is InChI=1S/C21H24N2O4/c1-15(24)23(2)18-9-7-17(8-10-18)22-21(25)16-5-11-19(12-6-16)27-14-20-4-3-13-26-20/h5-12,20H,3-4,13-14H2,1-2H3,(H,22,25). The van der Waals surface area contributed by atoms with Crippen LogP contribution < -0.4 is 15.0 Å². The molecule has 2 amide bonds. The van der Waals surface area contributed by atoms with Gasteiger partial charge >= 0.3 is 0 Å². The molecule has 0 spiro atoms. The van der Waals surface area contributed by atoms with Crippen LogP contribution in [0.3, 0.4) is 0 Å². The molecule has 0 saturated carbocycles. The predicted octanol–water partition coefficient (Wildman–Crippen LogP) is 3.48. The highest BCUT2D eigenvalue weighted by molar-refractivity contribution is 6.04. The van der Waals surface area contributed by atoms with Crippen LogP contribution in [0.5, 0.6) is 5.75 Å². The van der Waals surface area contributed by atoms with Crippen LogP contribution in [0.4, 0.5) is 11.4 Å². The van der Waals surface area contributed by atoms with Crippen molar-refractivity contribution in [1.82, 2.24) is 0 Å². The lowest BCUT2D eigenvalue weighted by molar-refractivity contribution is -0.116. The van der Waals surface area contributed by atoms with E-state index in [1.807, 2.05) is 0 Å². The molecule has 6 nitrogen and oxygen atoms in total. The number of carbonyl (C=O) groups is 2. The zero-order valence-electron chi connectivity index (χ0n) is 15.6. The summed E-state index contributed by atoms with van der Waals surface area (Å²) in [6.45, 7) is 2.84. The van der Waals surface area contributed by atoms with Crippen LogP contribution in [-0.4, -0.2) is 38.2 Å². The van der Waals surface area contributed by atoms with Gasteiger partial charge in [-0.05, 0) is 61.4 Å². The molecule has 2 aromatic carbocycles. The summed E-state index contributed by atoms with van der Waals surface area (Å²) in [5.41, 5.74) is 1.98. The van der Waals surface area contributed by atoms with Gasteiger partial charge in [-0.2, -0.15) is 0 Å².